The number of rotatable bonds is 3. The molecule has 1 saturated carbocycles. The number of hydrogen-bond donors (Lipinski definition) is 1. The first-order valence-corrected chi connectivity index (χ1v) is 9.04. The monoisotopic (exact) mass is 307 g/mol. The summed E-state index contributed by atoms with van der Waals surface area (Å²) in [6.45, 7) is 3.90. The Kier molecular flexibility index (Phi) is 4.60. The van der Waals surface area contributed by atoms with Gasteiger partial charge in [-0.2, -0.15) is 0 Å². The Morgan fingerprint density at radius 1 is 1.48 bits per heavy atom. The van der Waals surface area contributed by atoms with Gasteiger partial charge in [-0.15, -0.1) is 11.3 Å². The largest absolute Gasteiger partial charge is 0.342 e. The lowest BCUT2D eigenvalue weighted by atomic mass is 9.96. The number of aromatic nitrogens is 1. The van der Waals surface area contributed by atoms with Crippen molar-refractivity contribution in [3.8, 4) is 0 Å². The molecule has 1 saturated heterocycles. The van der Waals surface area contributed by atoms with E-state index in [1.807, 2.05) is 0 Å². The van der Waals surface area contributed by atoms with Gasteiger partial charge in [0, 0.05) is 36.3 Å². The molecule has 1 aromatic rings. The van der Waals surface area contributed by atoms with Crippen molar-refractivity contribution in [2.75, 3.05) is 13.1 Å². The summed E-state index contributed by atoms with van der Waals surface area (Å²) in [5, 5.41) is 3.37. The Balaban J connectivity index is 1.64. The Hall–Kier alpha value is -0.940. The minimum Gasteiger partial charge on any atom is -0.342 e. The fraction of sp³-hybridized carbons (Fsp3) is 0.750. The molecule has 2 N–H and O–H groups in total. The minimum atomic E-state index is 0.168. The van der Waals surface area contributed by atoms with Crippen LogP contribution in [-0.4, -0.2) is 34.9 Å². The van der Waals surface area contributed by atoms with Gasteiger partial charge in [0.2, 0.25) is 5.91 Å². The number of piperidine rings is 1. The molecule has 1 aromatic heterocycles. The number of nitrogens with two attached hydrogens (primary N) is 1. The number of hydrogen-bond acceptors (Lipinski definition) is 4. The van der Waals surface area contributed by atoms with E-state index in [-0.39, 0.29) is 12.0 Å². The number of nitrogens with zero attached hydrogens (tertiary/aromatic N) is 2. The van der Waals surface area contributed by atoms with Crippen molar-refractivity contribution in [1.82, 2.24) is 9.88 Å². The molecule has 1 amide bonds. The van der Waals surface area contributed by atoms with Crippen molar-refractivity contribution in [2.45, 2.75) is 57.4 Å². The van der Waals surface area contributed by atoms with Crippen molar-refractivity contribution in [3.05, 3.63) is 16.1 Å². The Morgan fingerprint density at radius 3 is 3.00 bits per heavy atom. The van der Waals surface area contributed by atoms with Crippen LogP contribution in [0.1, 0.15) is 55.6 Å². The summed E-state index contributed by atoms with van der Waals surface area (Å²) in [5.74, 6) is 0.934. The standard InChI is InChI=1S/C16H25N3OS/c1-2-14-10-21-15(18-14)12-4-3-7-19(9-12)16(20)11-5-6-13(17)8-11/h10-13H,2-9,17H2,1H3. The molecule has 3 atom stereocenters. The van der Waals surface area contributed by atoms with Gasteiger partial charge in [-0.05, 0) is 38.5 Å². The second kappa shape index (κ2) is 6.44. The summed E-state index contributed by atoms with van der Waals surface area (Å²) in [7, 11) is 0. The molecule has 0 radical (unpaired) electrons. The van der Waals surface area contributed by atoms with Crippen molar-refractivity contribution in [1.29, 1.82) is 0 Å². The van der Waals surface area contributed by atoms with Gasteiger partial charge in [0.1, 0.15) is 0 Å². The highest BCUT2D eigenvalue weighted by atomic mass is 32.1. The Labute approximate surface area is 130 Å². The molecule has 3 rings (SSSR count). The molecule has 2 heterocycles. The van der Waals surface area contributed by atoms with Crippen LogP contribution >= 0.6 is 11.3 Å². The molecule has 3 unspecified atom stereocenters. The molecule has 21 heavy (non-hydrogen) atoms. The number of thiazole rings is 1. The van der Waals surface area contributed by atoms with Crippen LogP contribution in [0.15, 0.2) is 5.38 Å². The summed E-state index contributed by atoms with van der Waals surface area (Å²) in [6.07, 6.45) is 6.09. The third-order valence-electron chi connectivity index (χ3n) is 4.84. The number of aryl methyl sites for hydroxylation is 1. The second-order valence-corrected chi connectivity index (χ2v) is 7.31. The number of amides is 1. The lowest BCUT2D eigenvalue weighted by Crippen LogP contribution is -2.42. The fourth-order valence-corrected chi connectivity index (χ4v) is 4.58. The molecule has 2 fully saturated rings. The van der Waals surface area contributed by atoms with Crippen molar-refractivity contribution >= 4 is 17.2 Å². The first-order valence-electron chi connectivity index (χ1n) is 8.16. The molecule has 1 aliphatic carbocycles. The highest BCUT2D eigenvalue weighted by molar-refractivity contribution is 7.09. The van der Waals surface area contributed by atoms with E-state index in [0.717, 1.165) is 51.6 Å². The van der Waals surface area contributed by atoms with Gasteiger partial charge in [0.25, 0.3) is 0 Å². The SMILES string of the molecule is CCc1csc(C2CCCN(C(=O)C3CCC(N)C3)C2)n1. The summed E-state index contributed by atoms with van der Waals surface area (Å²) in [4.78, 5) is 19.4. The fourth-order valence-electron chi connectivity index (χ4n) is 3.55. The molecule has 0 spiro atoms. The van der Waals surface area contributed by atoms with Gasteiger partial charge in [-0.3, -0.25) is 4.79 Å². The normalized spacial score (nSPS) is 29.8. The van der Waals surface area contributed by atoms with Gasteiger partial charge < -0.3 is 10.6 Å². The zero-order chi connectivity index (χ0) is 14.8. The second-order valence-electron chi connectivity index (χ2n) is 6.42. The van der Waals surface area contributed by atoms with Crippen LogP contribution in [-0.2, 0) is 11.2 Å². The van der Waals surface area contributed by atoms with E-state index >= 15 is 0 Å². The van der Waals surface area contributed by atoms with E-state index in [0.29, 0.717) is 11.8 Å². The maximum atomic E-state index is 12.6. The van der Waals surface area contributed by atoms with Crippen molar-refractivity contribution in [2.24, 2.45) is 11.7 Å². The van der Waals surface area contributed by atoms with Crippen LogP contribution in [0.25, 0.3) is 0 Å². The van der Waals surface area contributed by atoms with Crippen LogP contribution in [0.3, 0.4) is 0 Å². The zero-order valence-electron chi connectivity index (χ0n) is 12.8. The Morgan fingerprint density at radius 2 is 2.33 bits per heavy atom. The lowest BCUT2D eigenvalue weighted by Gasteiger charge is -2.33. The smallest absolute Gasteiger partial charge is 0.225 e. The molecule has 5 heteroatoms. The van der Waals surface area contributed by atoms with Gasteiger partial charge in [0.05, 0.1) is 10.7 Å². The maximum absolute atomic E-state index is 12.6. The molecule has 1 aliphatic heterocycles. The molecule has 0 aromatic carbocycles. The molecular formula is C16H25N3OS. The van der Waals surface area contributed by atoms with Gasteiger partial charge in [-0.1, -0.05) is 6.92 Å². The predicted molar refractivity (Wildman–Crippen MR) is 85.4 cm³/mol. The minimum absolute atomic E-state index is 0.168. The quantitative estimate of drug-likeness (QED) is 0.933. The number of carbonyl (C=O) groups excluding carboxylic acids is 1. The average molecular weight is 307 g/mol. The van der Waals surface area contributed by atoms with E-state index in [9.17, 15) is 4.79 Å². The molecule has 4 nitrogen and oxygen atoms in total. The molecule has 116 valence electrons. The maximum Gasteiger partial charge on any atom is 0.225 e. The number of likely N-dealkylation sites (tertiary alicyclic amines) is 1. The molecular weight excluding hydrogens is 282 g/mol. The van der Waals surface area contributed by atoms with Crippen LogP contribution < -0.4 is 5.73 Å². The highest BCUT2D eigenvalue weighted by Crippen LogP contribution is 2.32. The molecule has 2 aliphatic rings. The lowest BCUT2D eigenvalue weighted by molar-refractivity contribution is -0.136. The molecule has 0 bridgehead atoms. The summed E-state index contributed by atoms with van der Waals surface area (Å²) in [5.41, 5.74) is 7.13. The van der Waals surface area contributed by atoms with Crippen molar-refractivity contribution < 1.29 is 4.79 Å². The summed E-state index contributed by atoms with van der Waals surface area (Å²) < 4.78 is 0. The van der Waals surface area contributed by atoms with E-state index in [4.69, 9.17) is 10.7 Å². The third-order valence-corrected chi connectivity index (χ3v) is 5.89. The van der Waals surface area contributed by atoms with E-state index in [1.54, 1.807) is 11.3 Å². The van der Waals surface area contributed by atoms with Gasteiger partial charge in [-0.25, -0.2) is 4.98 Å². The topological polar surface area (TPSA) is 59.2 Å². The zero-order valence-corrected chi connectivity index (χ0v) is 13.6. The van der Waals surface area contributed by atoms with E-state index in [1.165, 1.54) is 10.7 Å². The van der Waals surface area contributed by atoms with Crippen LogP contribution in [0.2, 0.25) is 0 Å². The Bertz CT molecular complexity index is 501. The summed E-state index contributed by atoms with van der Waals surface area (Å²) in [6, 6.07) is 0.227. The van der Waals surface area contributed by atoms with Crippen LogP contribution in [0.4, 0.5) is 0 Å². The van der Waals surface area contributed by atoms with Gasteiger partial charge >= 0.3 is 0 Å². The van der Waals surface area contributed by atoms with Gasteiger partial charge in [0.15, 0.2) is 0 Å². The first-order chi connectivity index (χ1) is 10.2. The van der Waals surface area contributed by atoms with Crippen LogP contribution in [0, 0.1) is 5.92 Å². The van der Waals surface area contributed by atoms with Crippen molar-refractivity contribution in [3.63, 3.8) is 0 Å². The average Bonchev–Trinajstić information content (AvgIpc) is 3.15. The number of carbonyl (C=O) groups is 1. The third kappa shape index (κ3) is 3.29. The first kappa shape index (κ1) is 15.0. The van der Waals surface area contributed by atoms with E-state index < -0.39 is 0 Å². The highest BCUT2D eigenvalue weighted by Gasteiger charge is 2.34. The summed E-state index contributed by atoms with van der Waals surface area (Å²) >= 11 is 1.76. The predicted octanol–water partition coefficient (Wildman–Crippen LogP) is 2.54. The van der Waals surface area contributed by atoms with Crippen LogP contribution in [0.5, 0.6) is 0 Å². The van der Waals surface area contributed by atoms with E-state index in [2.05, 4.69) is 17.2 Å².